The van der Waals surface area contributed by atoms with Gasteiger partial charge in [0, 0.05) is 30.7 Å². The molecule has 0 spiro atoms. The first kappa shape index (κ1) is 20.8. The number of nitrogens with zero attached hydrogens (tertiary/aromatic N) is 3. The Balaban J connectivity index is 1.34. The summed E-state index contributed by atoms with van der Waals surface area (Å²) in [4.78, 5) is 27.1. The molecular weight excluding hydrogens is 398 g/mol. The van der Waals surface area contributed by atoms with Gasteiger partial charge in [-0.3, -0.25) is 4.79 Å². The van der Waals surface area contributed by atoms with Gasteiger partial charge >= 0.3 is 6.03 Å². The fourth-order valence-corrected chi connectivity index (χ4v) is 5.05. The largest absolute Gasteiger partial charge is 0.335 e. The van der Waals surface area contributed by atoms with Crippen molar-refractivity contribution in [3.63, 3.8) is 0 Å². The van der Waals surface area contributed by atoms with E-state index in [1.54, 1.807) is 0 Å². The minimum atomic E-state index is -0.245. The van der Waals surface area contributed by atoms with E-state index < -0.39 is 0 Å². The first-order valence-electron chi connectivity index (χ1n) is 10.9. The van der Waals surface area contributed by atoms with E-state index in [4.69, 9.17) is 0 Å². The lowest BCUT2D eigenvalue weighted by atomic mass is 9.95. The molecule has 2 N–H and O–H groups in total. The maximum Gasteiger partial charge on any atom is 0.317 e. The monoisotopic (exact) mass is 427 g/mol. The number of urea groups is 1. The number of aryl methyl sites for hydroxylation is 1. The Morgan fingerprint density at radius 2 is 1.80 bits per heavy atom. The van der Waals surface area contributed by atoms with E-state index in [9.17, 15) is 9.59 Å². The van der Waals surface area contributed by atoms with Crippen molar-refractivity contribution in [1.29, 1.82) is 0 Å². The minimum Gasteiger partial charge on any atom is -0.335 e. The third-order valence-corrected chi connectivity index (χ3v) is 7.02. The van der Waals surface area contributed by atoms with Gasteiger partial charge in [-0.05, 0) is 44.7 Å². The highest BCUT2D eigenvalue weighted by Crippen LogP contribution is 2.29. The molecular formula is C22H29N5O2S. The van der Waals surface area contributed by atoms with Crippen LogP contribution >= 0.6 is 11.3 Å². The van der Waals surface area contributed by atoms with Crippen molar-refractivity contribution >= 4 is 29.0 Å². The summed E-state index contributed by atoms with van der Waals surface area (Å²) in [6.07, 6.45) is 7.74. The fraction of sp³-hybridized carbons (Fsp3) is 0.545. The van der Waals surface area contributed by atoms with Gasteiger partial charge in [0.1, 0.15) is 5.01 Å². The number of carbonyl (C=O) groups is 2. The summed E-state index contributed by atoms with van der Waals surface area (Å²) >= 11 is 1.33. The summed E-state index contributed by atoms with van der Waals surface area (Å²) < 4.78 is 0. The SMILES string of the molecule is Cc1ccc(NC(=O)c2nnc([C@H]3CCCN(C(=O)NC4CCCCC4)C3)s2)cc1. The Morgan fingerprint density at radius 3 is 2.57 bits per heavy atom. The highest BCUT2D eigenvalue weighted by Gasteiger charge is 2.29. The molecule has 1 aliphatic heterocycles. The molecule has 1 saturated carbocycles. The van der Waals surface area contributed by atoms with Crippen LogP contribution in [0.3, 0.4) is 0 Å². The molecule has 1 aliphatic carbocycles. The van der Waals surface area contributed by atoms with Gasteiger partial charge in [0.2, 0.25) is 5.01 Å². The Bertz CT molecular complexity index is 876. The van der Waals surface area contributed by atoms with Crippen molar-refractivity contribution < 1.29 is 9.59 Å². The predicted molar refractivity (Wildman–Crippen MR) is 118 cm³/mol. The molecule has 2 aliphatic rings. The highest BCUT2D eigenvalue weighted by molar-refractivity contribution is 7.13. The zero-order chi connectivity index (χ0) is 20.9. The summed E-state index contributed by atoms with van der Waals surface area (Å²) in [6.45, 7) is 3.41. The molecule has 1 aromatic carbocycles. The van der Waals surface area contributed by atoms with Crippen LogP contribution in [0.25, 0.3) is 0 Å². The smallest absolute Gasteiger partial charge is 0.317 e. The number of carbonyl (C=O) groups excluding carboxylic acids is 2. The molecule has 0 bridgehead atoms. The predicted octanol–water partition coefficient (Wildman–Crippen LogP) is 4.32. The molecule has 2 fully saturated rings. The van der Waals surface area contributed by atoms with Crippen molar-refractivity contribution in [2.24, 2.45) is 0 Å². The Morgan fingerprint density at radius 1 is 1.03 bits per heavy atom. The summed E-state index contributed by atoms with van der Waals surface area (Å²) in [5.74, 6) is -0.111. The lowest BCUT2D eigenvalue weighted by molar-refractivity contribution is 0.102. The number of hydrogen-bond acceptors (Lipinski definition) is 5. The average molecular weight is 428 g/mol. The number of anilines is 1. The van der Waals surface area contributed by atoms with Crippen LogP contribution in [0.1, 0.15) is 71.2 Å². The van der Waals surface area contributed by atoms with Crippen LogP contribution in [0.15, 0.2) is 24.3 Å². The van der Waals surface area contributed by atoms with Crippen molar-refractivity contribution in [2.45, 2.75) is 63.8 Å². The lowest BCUT2D eigenvalue weighted by Gasteiger charge is -2.33. The van der Waals surface area contributed by atoms with Crippen molar-refractivity contribution in [3.8, 4) is 0 Å². The van der Waals surface area contributed by atoms with Crippen molar-refractivity contribution in [3.05, 3.63) is 39.8 Å². The van der Waals surface area contributed by atoms with E-state index in [-0.39, 0.29) is 17.9 Å². The molecule has 0 unspecified atom stereocenters. The molecule has 2 heterocycles. The number of benzene rings is 1. The van der Waals surface area contributed by atoms with Crippen molar-refractivity contribution in [2.75, 3.05) is 18.4 Å². The van der Waals surface area contributed by atoms with Crippen LogP contribution in [0.4, 0.5) is 10.5 Å². The number of amides is 3. The molecule has 2 aromatic rings. The highest BCUT2D eigenvalue weighted by atomic mass is 32.1. The third-order valence-electron chi connectivity index (χ3n) is 5.93. The summed E-state index contributed by atoms with van der Waals surface area (Å²) in [6, 6.07) is 8.00. The molecule has 1 atom stereocenters. The molecule has 8 heteroatoms. The number of hydrogen-bond donors (Lipinski definition) is 2. The van der Waals surface area contributed by atoms with Gasteiger partial charge in [-0.1, -0.05) is 48.3 Å². The van der Waals surface area contributed by atoms with E-state index in [0.717, 1.165) is 48.5 Å². The van der Waals surface area contributed by atoms with Gasteiger partial charge in [-0.2, -0.15) is 0 Å². The number of piperidine rings is 1. The molecule has 4 rings (SSSR count). The van der Waals surface area contributed by atoms with Crippen LogP contribution in [0, 0.1) is 6.92 Å². The maximum absolute atomic E-state index is 12.7. The number of aromatic nitrogens is 2. The Hall–Kier alpha value is -2.48. The molecule has 30 heavy (non-hydrogen) atoms. The van der Waals surface area contributed by atoms with Gasteiger partial charge in [0.05, 0.1) is 0 Å². The van der Waals surface area contributed by atoms with Gasteiger partial charge in [-0.15, -0.1) is 10.2 Å². The summed E-state index contributed by atoms with van der Waals surface area (Å²) in [5.41, 5.74) is 1.88. The standard InChI is InChI=1S/C22H29N5O2S/c1-15-9-11-18(12-10-15)23-19(28)21-26-25-20(30-21)16-6-5-13-27(14-16)22(29)24-17-7-3-2-4-8-17/h9-12,16-17H,2-8,13-14H2,1H3,(H,23,28)(H,24,29)/t16-/m0/s1. The van der Waals surface area contributed by atoms with Crippen LogP contribution in [0.5, 0.6) is 0 Å². The molecule has 1 saturated heterocycles. The van der Waals surface area contributed by atoms with Gasteiger partial charge in [0.25, 0.3) is 5.91 Å². The van der Waals surface area contributed by atoms with Crippen LogP contribution < -0.4 is 10.6 Å². The third kappa shape index (κ3) is 5.16. The number of rotatable bonds is 4. The van der Waals surface area contributed by atoms with Crippen LogP contribution in [-0.4, -0.2) is 46.2 Å². The van der Waals surface area contributed by atoms with Gasteiger partial charge in [0.15, 0.2) is 0 Å². The van der Waals surface area contributed by atoms with Gasteiger partial charge < -0.3 is 15.5 Å². The zero-order valence-electron chi connectivity index (χ0n) is 17.4. The Labute approximate surface area is 181 Å². The second-order valence-corrected chi connectivity index (χ2v) is 9.34. The quantitative estimate of drug-likeness (QED) is 0.761. The molecule has 160 valence electrons. The fourth-order valence-electron chi connectivity index (χ4n) is 4.19. The summed E-state index contributed by atoms with van der Waals surface area (Å²) in [5, 5.41) is 15.6. The lowest BCUT2D eigenvalue weighted by Crippen LogP contribution is -2.48. The van der Waals surface area contributed by atoms with E-state index in [0.29, 0.717) is 17.6 Å². The van der Waals surface area contributed by atoms with Crippen LogP contribution in [-0.2, 0) is 0 Å². The summed E-state index contributed by atoms with van der Waals surface area (Å²) in [7, 11) is 0. The number of nitrogens with one attached hydrogen (secondary N) is 2. The van der Waals surface area contributed by atoms with E-state index in [2.05, 4.69) is 20.8 Å². The topological polar surface area (TPSA) is 87.2 Å². The van der Waals surface area contributed by atoms with E-state index >= 15 is 0 Å². The van der Waals surface area contributed by atoms with Gasteiger partial charge in [-0.25, -0.2) is 4.79 Å². The van der Waals surface area contributed by atoms with Crippen LogP contribution in [0.2, 0.25) is 0 Å². The second-order valence-electron chi connectivity index (χ2n) is 8.34. The van der Waals surface area contributed by atoms with E-state index in [1.807, 2.05) is 36.1 Å². The number of likely N-dealkylation sites (tertiary alicyclic amines) is 1. The molecule has 3 amide bonds. The van der Waals surface area contributed by atoms with E-state index in [1.165, 1.54) is 30.6 Å². The average Bonchev–Trinajstić information content (AvgIpc) is 3.27. The molecule has 7 nitrogen and oxygen atoms in total. The molecule has 1 aromatic heterocycles. The zero-order valence-corrected chi connectivity index (χ0v) is 18.2. The minimum absolute atomic E-state index is 0.0356. The molecule has 0 radical (unpaired) electrons. The first-order chi connectivity index (χ1) is 14.6. The van der Waals surface area contributed by atoms with Crippen molar-refractivity contribution in [1.82, 2.24) is 20.4 Å². The maximum atomic E-state index is 12.7. The first-order valence-corrected chi connectivity index (χ1v) is 11.7. The second kappa shape index (κ2) is 9.55. The normalized spacial score (nSPS) is 20.0. The Kier molecular flexibility index (Phi) is 6.62.